The van der Waals surface area contributed by atoms with Gasteiger partial charge in [0, 0.05) is 6.42 Å². The SMILES string of the molecule is C[C@H](NPOc1ccc(C(C)(C)C)cc1)C(=O)O[C@H]1CCOC1. The lowest BCUT2D eigenvalue weighted by Gasteiger charge is -2.19. The number of carbonyl (C=O) groups excluding carboxylic acids is 1. The molecular weight excluding hydrogens is 313 g/mol. The number of hydrogen-bond donors (Lipinski definition) is 1. The van der Waals surface area contributed by atoms with Gasteiger partial charge in [-0.15, -0.1) is 0 Å². The van der Waals surface area contributed by atoms with Crippen LogP contribution in [0.15, 0.2) is 24.3 Å². The Labute approximate surface area is 140 Å². The van der Waals surface area contributed by atoms with Gasteiger partial charge in [-0.1, -0.05) is 32.9 Å². The van der Waals surface area contributed by atoms with E-state index in [4.69, 9.17) is 14.0 Å². The normalized spacial score (nSPS) is 19.9. The maximum atomic E-state index is 11.9. The molecule has 0 amide bonds. The Morgan fingerprint density at radius 1 is 1.35 bits per heavy atom. The molecule has 1 aromatic rings. The van der Waals surface area contributed by atoms with Crippen LogP contribution >= 0.6 is 8.96 Å². The van der Waals surface area contributed by atoms with E-state index in [0.29, 0.717) is 13.2 Å². The molecule has 2 rings (SSSR count). The average molecular weight is 339 g/mol. The molecule has 0 aromatic heterocycles. The van der Waals surface area contributed by atoms with Crippen molar-refractivity contribution in [2.45, 2.75) is 51.7 Å². The van der Waals surface area contributed by atoms with E-state index in [-0.39, 0.29) is 26.4 Å². The third-order valence-corrected chi connectivity index (χ3v) is 4.58. The minimum absolute atomic E-state index is 0.00232. The van der Waals surface area contributed by atoms with Crippen LogP contribution in [-0.2, 0) is 19.7 Å². The average Bonchev–Trinajstić information content (AvgIpc) is 2.99. The van der Waals surface area contributed by atoms with Crippen molar-refractivity contribution in [2.75, 3.05) is 13.2 Å². The number of esters is 1. The van der Waals surface area contributed by atoms with Gasteiger partial charge >= 0.3 is 5.97 Å². The molecule has 6 heteroatoms. The summed E-state index contributed by atoms with van der Waals surface area (Å²) in [6, 6.07) is 7.64. The first-order valence-corrected chi connectivity index (χ1v) is 8.83. The van der Waals surface area contributed by atoms with Crippen molar-refractivity contribution in [3.8, 4) is 5.75 Å². The van der Waals surface area contributed by atoms with Gasteiger partial charge in [-0.3, -0.25) is 9.88 Å². The van der Waals surface area contributed by atoms with E-state index >= 15 is 0 Å². The predicted octanol–water partition coefficient (Wildman–Crippen LogP) is 3.18. The molecule has 1 heterocycles. The zero-order chi connectivity index (χ0) is 16.9. The van der Waals surface area contributed by atoms with Crippen LogP contribution in [-0.4, -0.2) is 31.3 Å². The van der Waals surface area contributed by atoms with Gasteiger partial charge in [-0.2, -0.15) is 0 Å². The molecule has 1 fully saturated rings. The molecule has 1 aliphatic rings. The van der Waals surface area contributed by atoms with Crippen LogP contribution in [0.25, 0.3) is 0 Å². The summed E-state index contributed by atoms with van der Waals surface area (Å²) in [5.74, 6) is 0.522. The predicted molar refractivity (Wildman–Crippen MR) is 92.0 cm³/mol. The highest BCUT2D eigenvalue weighted by molar-refractivity contribution is 7.30. The summed E-state index contributed by atoms with van der Waals surface area (Å²) in [4.78, 5) is 11.9. The second kappa shape index (κ2) is 8.09. The van der Waals surface area contributed by atoms with Gasteiger partial charge in [0.2, 0.25) is 0 Å². The second-order valence-corrected chi connectivity index (χ2v) is 7.46. The first-order valence-electron chi connectivity index (χ1n) is 7.92. The third kappa shape index (κ3) is 5.76. The quantitative estimate of drug-likeness (QED) is 0.637. The van der Waals surface area contributed by atoms with E-state index in [2.05, 4.69) is 38.0 Å². The van der Waals surface area contributed by atoms with Gasteiger partial charge in [0.05, 0.1) is 13.2 Å². The van der Waals surface area contributed by atoms with Crippen molar-refractivity contribution in [2.24, 2.45) is 0 Å². The Balaban J connectivity index is 1.72. The number of nitrogens with one attached hydrogen (secondary N) is 1. The fourth-order valence-electron chi connectivity index (χ4n) is 2.13. The van der Waals surface area contributed by atoms with Gasteiger partial charge in [-0.25, -0.2) is 0 Å². The molecule has 0 aliphatic carbocycles. The maximum Gasteiger partial charge on any atom is 0.323 e. The van der Waals surface area contributed by atoms with Crippen LogP contribution in [0.2, 0.25) is 0 Å². The monoisotopic (exact) mass is 339 g/mol. The molecule has 1 aromatic carbocycles. The fourth-order valence-corrected chi connectivity index (χ4v) is 2.74. The van der Waals surface area contributed by atoms with Crippen LogP contribution in [0.5, 0.6) is 5.75 Å². The van der Waals surface area contributed by atoms with E-state index in [9.17, 15) is 4.79 Å². The van der Waals surface area contributed by atoms with Crippen molar-refractivity contribution < 1.29 is 18.8 Å². The summed E-state index contributed by atoms with van der Waals surface area (Å²) < 4.78 is 16.2. The molecule has 23 heavy (non-hydrogen) atoms. The standard InChI is InChI=1S/C17H26NO4P/c1-12(16(19)21-15-9-10-20-11-15)18-23-22-14-7-5-13(6-8-14)17(2,3)4/h5-8,12,15,18,23H,9-11H2,1-4H3/t12-,15-/m0/s1. The summed E-state index contributed by atoms with van der Waals surface area (Å²) >= 11 is 0. The van der Waals surface area contributed by atoms with Crippen molar-refractivity contribution in [3.63, 3.8) is 0 Å². The van der Waals surface area contributed by atoms with Crippen LogP contribution in [0, 0.1) is 0 Å². The zero-order valence-electron chi connectivity index (χ0n) is 14.2. The largest absolute Gasteiger partial charge is 0.461 e. The number of benzene rings is 1. The summed E-state index contributed by atoms with van der Waals surface area (Å²) in [5, 5.41) is 3.04. The molecule has 0 bridgehead atoms. The summed E-state index contributed by atoms with van der Waals surface area (Å²) in [6.07, 6.45) is 0.665. The number of hydrogen-bond acceptors (Lipinski definition) is 5. The Bertz CT molecular complexity index is 506. The molecule has 1 saturated heterocycles. The smallest absolute Gasteiger partial charge is 0.323 e. The summed E-state index contributed by atoms with van der Waals surface area (Å²) in [6.45, 7) is 9.46. The van der Waals surface area contributed by atoms with E-state index in [1.54, 1.807) is 6.92 Å². The summed E-state index contributed by atoms with van der Waals surface area (Å²) in [5.41, 5.74) is 1.39. The minimum atomic E-state index is -0.400. The topological polar surface area (TPSA) is 56.8 Å². The van der Waals surface area contributed by atoms with E-state index < -0.39 is 6.04 Å². The van der Waals surface area contributed by atoms with Crippen molar-refractivity contribution in [3.05, 3.63) is 29.8 Å². The lowest BCUT2D eigenvalue weighted by Crippen LogP contribution is -2.33. The molecule has 1 aliphatic heterocycles. The highest BCUT2D eigenvalue weighted by atomic mass is 31.1. The number of rotatable bonds is 6. The molecular formula is C17H26NO4P. The highest BCUT2D eigenvalue weighted by Gasteiger charge is 2.23. The van der Waals surface area contributed by atoms with Crippen molar-refractivity contribution >= 4 is 14.9 Å². The van der Waals surface area contributed by atoms with Crippen LogP contribution in [0.4, 0.5) is 0 Å². The number of carbonyl (C=O) groups is 1. The maximum absolute atomic E-state index is 11.9. The Kier molecular flexibility index (Phi) is 6.40. The van der Waals surface area contributed by atoms with Crippen molar-refractivity contribution in [1.82, 2.24) is 5.09 Å². The Morgan fingerprint density at radius 3 is 2.61 bits per heavy atom. The first-order chi connectivity index (χ1) is 10.9. The van der Waals surface area contributed by atoms with Gasteiger partial charge in [0.15, 0.2) is 0 Å². The van der Waals surface area contributed by atoms with Gasteiger partial charge in [0.25, 0.3) is 0 Å². The van der Waals surface area contributed by atoms with Crippen LogP contribution in [0.1, 0.15) is 39.7 Å². The van der Waals surface area contributed by atoms with Crippen molar-refractivity contribution in [1.29, 1.82) is 0 Å². The van der Waals surface area contributed by atoms with Crippen LogP contribution < -0.4 is 9.61 Å². The molecule has 3 atom stereocenters. The van der Waals surface area contributed by atoms with E-state index in [1.807, 2.05) is 12.1 Å². The molecule has 128 valence electrons. The molecule has 5 nitrogen and oxygen atoms in total. The lowest BCUT2D eigenvalue weighted by atomic mass is 9.87. The molecule has 0 saturated carbocycles. The number of ether oxygens (including phenoxy) is 2. The molecule has 1 unspecified atom stereocenters. The minimum Gasteiger partial charge on any atom is -0.461 e. The first kappa shape index (κ1) is 18.2. The molecule has 0 radical (unpaired) electrons. The Hall–Kier alpha value is -1.16. The molecule has 1 N–H and O–H groups in total. The van der Waals surface area contributed by atoms with Gasteiger partial charge < -0.3 is 14.0 Å². The molecule has 0 spiro atoms. The second-order valence-electron chi connectivity index (χ2n) is 6.77. The van der Waals surface area contributed by atoms with E-state index in [0.717, 1.165) is 12.2 Å². The summed E-state index contributed by atoms with van der Waals surface area (Å²) in [7, 11) is -0.00232. The highest BCUT2D eigenvalue weighted by Crippen LogP contribution is 2.26. The fraction of sp³-hybridized carbons (Fsp3) is 0.588. The third-order valence-electron chi connectivity index (χ3n) is 3.69. The Morgan fingerprint density at radius 2 is 2.04 bits per heavy atom. The van der Waals surface area contributed by atoms with Crippen LogP contribution in [0.3, 0.4) is 0 Å². The van der Waals surface area contributed by atoms with Gasteiger partial charge in [0.1, 0.15) is 26.9 Å². The lowest BCUT2D eigenvalue weighted by molar-refractivity contribution is -0.150. The zero-order valence-corrected chi connectivity index (χ0v) is 15.2. The van der Waals surface area contributed by atoms with E-state index in [1.165, 1.54) is 5.56 Å². The van der Waals surface area contributed by atoms with Gasteiger partial charge in [-0.05, 0) is 30.0 Å².